The minimum atomic E-state index is -0.873. The second-order valence-electron chi connectivity index (χ2n) is 27.0. The maximum Gasteiger partial charge on any atom is 0.248 e. The molecule has 16 rings (SSSR count). The second kappa shape index (κ2) is 22.7. The number of hydrogen-bond donors (Lipinski definition) is 0. The van der Waals surface area contributed by atoms with Crippen molar-refractivity contribution in [2.75, 3.05) is 0 Å². The molecular weight excluding hydrogens is 1130 g/mol. The highest BCUT2D eigenvalue weighted by atomic mass is 16.4. The Morgan fingerprint density at radius 3 is 0.774 bits per heavy atom. The summed E-state index contributed by atoms with van der Waals surface area (Å²) in [6.07, 6.45) is 0. The highest BCUT2D eigenvalue weighted by molar-refractivity contribution is 5.98. The van der Waals surface area contributed by atoms with E-state index in [-0.39, 0.29) is 22.7 Å². The minimum absolute atomic E-state index is 0.00210. The van der Waals surface area contributed by atoms with E-state index in [0.29, 0.717) is 23.6 Å². The quantitative estimate of drug-likeness (QED) is 0.113. The molecule has 12 aromatic carbocycles. The maximum absolute atomic E-state index is 6.72. The van der Waals surface area contributed by atoms with Crippen LogP contribution in [0.25, 0.3) is 90.3 Å². The van der Waals surface area contributed by atoms with E-state index in [1.807, 2.05) is 0 Å². The Hall–Kier alpha value is -11.1. The van der Waals surface area contributed by atoms with Gasteiger partial charge in [-0.2, -0.15) is 0 Å². The molecule has 2 heterocycles. The van der Waals surface area contributed by atoms with Crippen molar-refractivity contribution in [2.45, 2.75) is 69.6 Å². The van der Waals surface area contributed by atoms with Crippen LogP contribution < -0.4 is 0 Å². The molecule has 2 aromatic heterocycles. The van der Waals surface area contributed by atoms with Gasteiger partial charge in [-0.1, -0.05) is 272 Å². The lowest BCUT2D eigenvalue weighted by atomic mass is 9.69. The van der Waals surface area contributed by atoms with Crippen LogP contribution >= 0.6 is 0 Å². The van der Waals surface area contributed by atoms with Gasteiger partial charge in [0.25, 0.3) is 0 Å². The summed E-state index contributed by atoms with van der Waals surface area (Å²) in [5.41, 5.74) is 26.1. The molecule has 0 aliphatic heterocycles. The van der Waals surface area contributed by atoms with Crippen molar-refractivity contribution in [1.29, 1.82) is 0 Å². The second-order valence-corrected chi connectivity index (χ2v) is 27.0. The molecule has 2 aliphatic rings. The highest BCUT2D eigenvalue weighted by Crippen LogP contribution is 2.64. The Kier molecular flexibility index (Phi) is 13.9. The van der Waals surface area contributed by atoms with E-state index in [4.69, 9.17) is 19.0 Å². The third-order valence-corrected chi connectivity index (χ3v) is 19.3. The molecule has 0 amide bonds. The van der Waals surface area contributed by atoms with E-state index in [1.165, 1.54) is 55.6 Å². The maximum atomic E-state index is 6.72. The summed E-state index contributed by atoms with van der Waals surface area (Å²) in [5, 5.41) is 18.9. The lowest BCUT2D eigenvalue weighted by molar-refractivity contribution is 0.581. The number of aromatic nitrogens is 4. The Bertz CT molecular complexity index is 4660. The average Bonchev–Trinajstić information content (AvgIpc) is 1.51. The largest absolute Gasteiger partial charge is 0.416 e. The van der Waals surface area contributed by atoms with Gasteiger partial charge in [-0.15, -0.1) is 20.4 Å². The molecule has 1 spiro atoms. The number of fused-ring (bicyclic) bond motifs is 10. The fraction of sp³-hybridized carbons (Fsp3) is 0.126. The van der Waals surface area contributed by atoms with Crippen molar-refractivity contribution in [3.05, 3.63) is 358 Å². The average molecular weight is 1200 g/mol. The topological polar surface area (TPSA) is 77.8 Å². The standard InChI is InChI=1S/C87H68N4O2/c1-85(2,3)69-43-35-63(36-44-69)81-88-90-83(92-81)67-41-49-73-71-47-39-65(55-27-31-61(32-28-55)79(57-19-11-7-12-20-57)58-21-13-8-14-22-58)51-75(71)87(77(73)53-67)76-52-66(56-29-33-62(34-30-56)80(59-23-15-9-16-24-59)60-25-17-10-18-26-60)40-48-72(76)74-50-42-68(54-78(74)87)84-91-89-82(93-84)64-37-45-70(46-38-64)86(4,5)6/h7-54,79-80H,1-6H3. The molecule has 0 radical (unpaired) electrons. The summed E-state index contributed by atoms with van der Waals surface area (Å²) in [4.78, 5) is 0. The summed E-state index contributed by atoms with van der Waals surface area (Å²) < 4.78 is 13.4. The van der Waals surface area contributed by atoms with Gasteiger partial charge in [-0.3, -0.25) is 0 Å². The molecular formula is C87H68N4O2. The zero-order valence-corrected chi connectivity index (χ0v) is 53.0. The molecule has 6 heteroatoms. The lowest BCUT2D eigenvalue weighted by Gasteiger charge is -2.31. The fourth-order valence-corrected chi connectivity index (χ4v) is 14.5. The third-order valence-electron chi connectivity index (χ3n) is 19.3. The summed E-state index contributed by atoms with van der Waals surface area (Å²) in [6.45, 7) is 13.3. The van der Waals surface area contributed by atoms with Gasteiger partial charge in [0.05, 0.1) is 5.41 Å². The van der Waals surface area contributed by atoms with Crippen LogP contribution in [0.1, 0.15) is 120 Å². The Morgan fingerprint density at radius 2 is 0.484 bits per heavy atom. The van der Waals surface area contributed by atoms with Crippen molar-refractivity contribution in [3.63, 3.8) is 0 Å². The van der Waals surface area contributed by atoms with E-state index < -0.39 is 5.41 Å². The van der Waals surface area contributed by atoms with E-state index in [1.54, 1.807) is 0 Å². The Labute approximate surface area is 544 Å². The van der Waals surface area contributed by atoms with Crippen molar-refractivity contribution in [2.24, 2.45) is 0 Å². The number of hydrogen-bond acceptors (Lipinski definition) is 6. The zero-order chi connectivity index (χ0) is 63.0. The van der Waals surface area contributed by atoms with E-state index in [2.05, 4.69) is 343 Å². The molecule has 0 saturated heterocycles. The molecule has 6 nitrogen and oxygen atoms in total. The predicted octanol–water partition coefficient (Wildman–Crippen LogP) is 21.8. The smallest absolute Gasteiger partial charge is 0.248 e. The van der Waals surface area contributed by atoms with Gasteiger partial charge < -0.3 is 8.83 Å². The normalized spacial score (nSPS) is 12.9. The van der Waals surface area contributed by atoms with Crippen LogP contribution in [0.4, 0.5) is 0 Å². The summed E-state index contributed by atoms with van der Waals surface area (Å²) in [5.74, 6) is 1.98. The van der Waals surface area contributed by atoms with Gasteiger partial charge in [0, 0.05) is 34.1 Å². The number of benzene rings is 12. The molecule has 0 saturated carbocycles. The van der Waals surface area contributed by atoms with Crippen LogP contribution in [0.15, 0.2) is 300 Å². The first-order valence-electron chi connectivity index (χ1n) is 32.2. The first-order chi connectivity index (χ1) is 45.3. The molecule has 0 fully saturated rings. The monoisotopic (exact) mass is 1200 g/mol. The van der Waals surface area contributed by atoms with E-state index in [9.17, 15) is 0 Å². The van der Waals surface area contributed by atoms with Crippen LogP contribution in [-0.2, 0) is 16.2 Å². The van der Waals surface area contributed by atoms with Gasteiger partial charge in [-0.05, 0) is 183 Å². The first kappa shape index (κ1) is 57.1. The van der Waals surface area contributed by atoms with Gasteiger partial charge in [-0.25, -0.2) is 0 Å². The molecule has 448 valence electrons. The summed E-state index contributed by atoms with van der Waals surface area (Å²) in [6, 6.07) is 106. The number of rotatable bonds is 12. The van der Waals surface area contributed by atoms with Gasteiger partial charge in [0.1, 0.15) is 0 Å². The van der Waals surface area contributed by atoms with Gasteiger partial charge >= 0.3 is 0 Å². The third kappa shape index (κ3) is 10.1. The minimum Gasteiger partial charge on any atom is -0.416 e. The molecule has 2 aliphatic carbocycles. The van der Waals surface area contributed by atoms with Crippen LogP contribution in [-0.4, -0.2) is 20.4 Å². The van der Waals surface area contributed by atoms with E-state index >= 15 is 0 Å². The molecule has 0 unspecified atom stereocenters. The lowest BCUT2D eigenvalue weighted by Crippen LogP contribution is -2.26. The molecule has 0 atom stereocenters. The van der Waals surface area contributed by atoms with Crippen molar-refractivity contribution < 1.29 is 8.83 Å². The number of nitrogens with zero attached hydrogens (tertiary/aromatic N) is 4. The zero-order valence-electron chi connectivity index (χ0n) is 53.0. The fourth-order valence-electron chi connectivity index (χ4n) is 14.5. The first-order valence-corrected chi connectivity index (χ1v) is 32.2. The summed E-state index contributed by atoms with van der Waals surface area (Å²) >= 11 is 0. The highest BCUT2D eigenvalue weighted by Gasteiger charge is 2.52. The predicted molar refractivity (Wildman–Crippen MR) is 376 cm³/mol. The molecule has 0 N–H and O–H groups in total. The summed E-state index contributed by atoms with van der Waals surface area (Å²) in [7, 11) is 0. The molecule has 14 aromatic rings. The SMILES string of the molecule is CC(C)(C)c1ccc(-c2nnc(-c3ccc4c(c3)C3(c5cc(-c6ccc(C(c7ccccc7)c7ccccc7)cc6)ccc5-4)c4cc(-c5ccc(C(c6ccccc6)c6ccccc6)cc5)ccc4-c4ccc(-c5nnc(-c6ccc(C(C)(C)C)cc6)o5)cc43)o2)cc1. The Morgan fingerprint density at radius 1 is 0.247 bits per heavy atom. The van der Waals surface area contributed by atoms with Crippen molar-refractivity contribution in [1.82, 2.24) is 20.4 Å². The van der Waals surface area contributed by atoms with Crippen molar-refractivity contribution >= 4 is 0 Å². The van der Waals surface area contributed by atoms with E-state index in [0.717, 1.165) is 77.9 Å². The molecule has 93 heavy (non-hydrogen) atoms. The van der Waals surface area contributed by atoms with Gasteiger partial charge in [0.15, 0.2) is 0 Å². The Balaban J connectivity index is 0.885. The van der Waals surface area contributed by atoms with Crippen LogP contribution in [0.5, 0.6) is 0 Å². The van der Waals surface area contributed by atoms with Crippen LogP contribution in [0.2, 0.25) is 0 Å². The van der Waals surface area contributed by atoms with Crippen molar-refractivity contribution in [3.8, 4) is 90.3 Å². The van der Waals surface area contributed by atoms with Crippen LogP contribution in [0, 0.1) is 0 Å². The van der Waals surface area contributed by atoms with Gasteiger partial charge in [0.2, 0.25) is 23.6 Å². The molecule has 0 bridgehead atoms. The van der Waals surface area contributed by atoms with Crippen LogP contribution in [0.3, 0.4) is 0 Å².